The van der Waals surface area contributed by atoms with Gasteiger partial charge < -0.3 is 10.5 Å². The zero-order valence-electron chi connectivity index (χ0n) is 20.2. The van der Waals surface area contributed by atoms with Gasteiger partial charge in [0.15, 0.2) is 11.9 Å². The van der Waals surface area contributed by atoms with Gasteiger partial charge in [0, 0.05) is 30.5 Å². The largest absolute Gasteiger partial charge is 0.523 e. The maximum atomic E-state index is 13.8. The minimum Gasteiger partial charge on any atom is -0.382 e. The van der Waals surface area contributed by atoms with E-state index in [-0.39, 0.29) is 23.1 Å². The summed E-state index contributed by atoms with van der Waals surface area (Å²) in [5.41, 5.74) is 0.965. The second-order valence-electron chi connectivity index (χ2n) is 8.90. The van der Waals surface area contributed by atoms with Gasteiger partial charge in [0.25, 0.3) is 0 Å². The number of hydrogen-bond donors (Lipinski definition) is 1. The molecule has 1 aliphatic rings. The highest BCUT2D eigenvalue weighted by atomic mass is 32.2. The Bertz CT molecular complexity index is 1640. The molecule has 1 aromatic carbocycles. The number of anilines is 1. The Balaban J connectivity index is 1.63. The van der Waals surface area contributed by atoms with Crippen molar-refractivity contribution in [2.24, 2.45) is 0 Å². The van der Waals surface area contributed by atoms with Crippen molar-refractivity contribution in [1.29, 1.82) is 0 Å². The summed E-state index contributed by atoms with van der Waals surface area (Å²) in [6.07, 6.45) is -4.80. The van der Waals surface area contributed by atoms with Gasteiger partial charge in [0.05, 0.1) is 17.4 Å². The summed E-state index contributed by atoms with van der Waals surface area (Å²) in [4.78, 5) is 4.02. The summed E-state index contributed by atoms with van der Waals surface area (Å²) >= 11 is 0. The quantitative estimate of drug-likeness (QED) is 0.195. The number of nitrogens with two attached hydrogens (primary N) is 1. The fourth-order valence-corrected chi connectivity index (χ4v) is 5.14. The normalized spacial score (nSPS) is 16.4. The van der Waals surface area contributed by atoms with Gasteiger partial charge in [-0.15, -0.1) is 0 Å². The Labute approximate surface area is 222 Å². The molecule has 0 radical (unpaired) electrons. The summed E-state index contributed by atoms with van der Waals surface area (Å²) in [5, 5.41) is 8.62. The third-order valence-electron chi connectivity index (χ3n) is 6.35. The van der Waals surface area contributed by atoms with Gasteiger partial charge in [-0.2, -0.15) is 45.0 Å². The molecular formula is C23H20F6N6O4S. The molecule has 2 N–H and O–H groups in total. The molecule has 5 rings (SSSR count). The van der Waals surface area contributed by atoms with Gasteiger partial charge >= 0.3 is 21.8 Å². The maximum Gasteiger partial charge on any atom is 0.523 e. The van der Waals surface area contributed by atoms with Crippen molar-refractivity contribution in [1.82, 2.24) is 24.4 Å². The van der Waals surface area contributed by atoms with Crippen LogP contribution in [-0.2, 0) is 19.0 Å². The van der Waals surface area contributed by atoms with Crippen molar-refractivity contribution in [3.8, 4) is 22.5 Å². The summed E-state index contributed by atoms with van der Waals surface area (Å²) < 4.78 is 115. The number of nitrogen functional groups attached to an aromatic ring is 1. The van der Waals surface area contributed by atoms with E-state index in [0.29, 0.717) is 42.8 Å². The molecule has 1 atom stereocenters. The molecule has 40 heavy (non-hydrogen) atoms. The van der Waals surface area contributed by atoms with Gasteiger partial charge in [-0.25, -0.2) is 13.7 Å². The second kappa shape index (κ2) is 10.0. The molecule has 1 saturated heterocycles. The van der Waals surface area contributed by atoms with Gasteiger partial charge in [0.1, 0.15) is 11.8 Å². The van der Waals surface area contributed by atoms with Crippen molar-refractivity contribution in [2.45, 2.75) is 36.7 Å². The van der Waals surface area contributed by atoms with E-state index < -0.39 is 33.5 Å². The average Bonchev–Trinajstić information content (AvgIpc) is 3.52. The van der Waals surface area contributed by atoms with Gasteiger partial charge in [-0.05, 0) is 36.6 Å². The van der Waals surface area contributed by atoms with Crippen molar-refractivity contribution in [2.75, 3.05) is 18.9 Å². The van der Waals surface area contributed by atoms with Crippen molar-refractivity contribution in [3.05, 3.63) is 54.5 Å². The lowest BCUT2D eigenvalue weighted by atomic mass is 10.0. The smallest absolute Gasteiger partial charge is 0.382 e. The van der Waals surface area contributed by atoms with E-state index in [4.69, 9.17) is 10.5 Å². The van der Waals surface area contributed by atoms with Crippen LogP contribution in [0.3, 0.4) is 0 Å². The minimum atomic E-state index is -6.57. The molecule has 0 amide bonds. The van der Waals surface area contributed by atoms with Crippen LogP contribution in [-0.4, -0.2) is 57.7 Å². The Morgan fingerprint density at radius 3 is 2.42 bits per heavy atom. The molecule has 4 aromatic rings. The SMILES string of the molecule is Nc1ncnn2c(-c3cccc(C(OS(=O)(=O)C(F)(F)F)C(F)(F)F)c3)cc(-c3ccnn3C3CCOCC3)c12. The average molecular weight is 591 g/mol. The van der Waals surface area contributed by atoms with Crippen LogP contribution in [0.1, 0.15) is 30.6 Å². The third-order valence-corrected chi connectivity index (χ3v) is 7.37. The second-order valence-corrected chi connectivity index (χ2v) is 10.5. The zero-order chi connectivity index (χ0) is 28.9. The van der Waals surface area contributed by atoms with E-state index in [1.165, 1.54) is 10.6 Å². The molecular weight excluding hydrogens is 570 g/mol. The lowest BCUT2D eigenvalue weighted by Gasteiger charge is -2.24. The summed E-state index contributed by atoms with van der Waals surface area (Å²) in [5.74, 6) is 0.0555. The van der Waals surface area contributed by atoms with Crippen LogP contribution in [0.25, 0.3) is 28.0 Å². The number of benzene rings is 1. The fourth-order valence-electron chi connectivity index (χ4n) is 4.56. The van der Waals surface area contributed by atoms with Gasteiger partial charge in [-0.1, -0.05) is 18.2 Å². The van der Waals surface area contributed by atoms with E-state index in [1.807, 2.05) is 0 Å². The van der Waals surface area contributed by atoms with Gasteiger partial charge in [-0.3, -0.25) is 4.68 Å². The van der Waals surface area contributed by atoms with E-state index in [9.17, 15) is 34.8 Å². The number of hydrogen-bond acceptors (Lipinski definition) is 8. The highest BCUT2D eigenvalue weighted by Gasteiger charge is 2.54. The fraction of sp³-hybridized carbons (Fsp3) is 0.348. The van der Waals surface area contributed by atoms with Crippen LogP contribution in [0.4, 0.5) is 32.2 Å². The molecule has 1 aliphatic heterocycles. The summed E-state index contributed by atoms with van der Waals surface area (Å²) in [6, 6.07) is 7.52. The highest BCUT2D eigenvalue weighted by Crippen LogP contribution is 2.42. The molecule has 4 heterocycles. The first-order chi connectivity index (χ1) is 18.8. The first-order valence-corrected chi connectivity index (χ1v) is 13.1. The lowest BCUT2D eigenvalue weighted by Crippen LogP contribution is -2.32. The van der Waals surface area contributed by atoms with Crippen LogP contribution >= 0.6 is 0 Å². The van der Waals surface area contributed by atoms with Crippen LogP contribution in [0.5, 0.6) is 0 Å². The van der Waals surface area contributed by atoms with Crippen LogP contribution in [0, 0.1) is 0 Å². The van der Waals surface area contributed by atoms with Crippen LogP contribution in [0.15, 0.2) is 48.9 Å². The number of aromatic nitrogens is 5. The van der Waals surface area contributed by atoms with E-state index in [2.05, 4.69) is 19.4 Å². The molecule has 0 spiro atoms. The highest BCUT2D eigenvalue weighted by molar-refractivity contribution is 7.87. The number of ether oxygens (including phenoxy) is 1. The predicted molar refractivity (Wildman–Crippen MR) is 128 cm³/mol. The molecule has 0 aliphatic carbocycles. The van der Waals surface area contributed by atoms with E-state index in [1.54, 1.807) is 23.0 Å². The minimum absolute atomic E-state index is 0.00612. The standard InChI is InChI=1S/C23H20F6N6O4S/c24-22(25,26)20(39-40(36,37)23(27,28)29)14-3-1-2-13(10-14)18-11-16(19-21(30)31-12-33-35(18)19)17-4-7-32-34(17)15-5-8-38-9-6-15/h1-4,7,10-12,15,20H,5-6,8-9H2,(H2,30,31,33). The van der Waals surface area contributed by atoms with Crippen molar-refractivity contribution in [3.63, 3.8) is 0 Å². The van der Waals surface area contributed by atoms with E-state index in [0.717, 1.165) is 24.5 Å². The maximum absolute atomic E-state index is 13.8. The molecule has 214 valence electrons. The number of fused-ring (bicyclic) bond motifs is 1. The molecule has 17 heteroatoms. The zero-order valence-corrected chi connectivity index (χ0v) is 21.0. The Hall–Kier alpha value is -3.70. The van der Waals surface area contributed by atoms with E-state index >= 15 is 0 Å². The summed E-state index contributed by atoms with van der Waals surface area (Å²) in [7, 11) is -6.57. The Kier molecular flexibility index (Phi) is 6.99. The Morgan fingerprint density at radius 1 is 1.02 bits per heavy atom. The molecule has 0 bridgehead atoms. The van der Waals surface area contributed by atoms with Crippen molar-refractivity contribution >= 4 is 21.5 Å². The molecule has 0 saturated carbocycles. The number of halogens is 6. The number of alkyl halides is 6. The summed E-state index contributed by atoms with van der Waals surface area (Å²) in [6.45, 7) is 1.08. The molecule has 1 fully saturated rings. The van der Waals surface area contributed by atoms with Crippen molar-refractivity contribution < 1.29 is 43.7 Å². The first kappa shape index (κ1) is 27.9. The number of rotatable bonds is 6. The lowest BCUT2D eigenvalue weighted by molar-refractivity contribution is -0.200. The Morgan fingerprint density at radius 2 is 1.75 bits per heavy atom. The van der Waals surface area contributed by atoms with Gasteiger partial charge in [0.2, 0.25) is 0 Å². The molecule has 10 nitrogen and oxygen atoms in total. The topological polar surface area (TPSA) is 127 Å². The van der Waals surface area contributed by atoms with Crippen LogP contribution in [0.2, 0.25) is 0 Å². The monoisotopic (exact) mass is 590 g/mol. The molecule has 3 aromatic heterocycles. The van der Waals surface area contributed by atoms with Crippen LogP contribution < -0.4 is 5.73 Å². The third kappa shape index (κ3) is 5.11. The number of nitrogens with zero attached hydrogens (tertiary/aromatic N) is 5. The molecule has 1 unspecified atom stereocenters. The first-order valence-electron chi connectivity index (χ1n) is 11.7. The predicted octanol–water partition coefficient (Wildman–Crippen LogP) is 4.66.